The summed E-state index contributed by atoms with van der Waals surface area (Å²) in [5.41, 5.74) is 18.5. The average Bonchev–Trinajstić information content (AvgIpc) is 3.63. The molecule has 1 spiro atoms. The van der Waals surface area contributed by atoms with Crippen molar-refractivity contribution < 1.29 is 0 Å². The normalized spacial score (nSPS) is 13.2. The molecule has 2 nitrogen and oxygen atoms in total. The van der Waals surface area contributed by atoms with Gasteiger partial charge in [0.25, 0.3) is 0 Å². The van der Waals surface area contributed by atoms with Gasteiger partial charge in [-0.3, -0.25) is 0 Å². The van der Waals surface area contributed by atoms with Gasteiger partial charge >= 0.3 is 0 Å². The molecule has 0 aliphatic heterocycles. The topological polar surface area (TPSA) is 8.17 Å². The molecular formula is C58H38N2. The monoisotopic (exact) mass is 762 g/mol. The summed E-state index contributed by atoms with van der Waals surface area (Å²) in [6, 6.07) is 78.8. The largest absolute Gasteiger partial charge is 0.310 e. The van der Waals surface area contributed by atoms with Crippen LogP contribution < -0.4 is 4.90 Å². The van der Waals surface area contributed by atoms with Crippen LogP contribution in [0.3, 0.4) is 0 Å². The van der Waals surface area contributed by atoms with E-state index in [1.165, 1.54) is 93.4 Å². The Balaban J connectivity index is 0.972. The number of rotatable bonds is 6. The van der Waals surface area contributed by atoms with Crippen molar-refractivity contribution in [2.45, 2.75) is 12.3 Å². The van der Waals surface area contributed by atoms with Crippen molar-refractivity contribution in [1.82, 2.24) is 4.57 Å². The zero-order valence-corrected chi connectivity index (χ0v) is 33.1. The predicted molar refractivity (Wildman–Crippen MR) is 252 cm³/mol. The zero-order chi connectivity index (χ0) is 39.5. The zero-order valence-electron chi connectivity index (χ0n) is 33.1. The highest BCUT2D eigenvalue weighted by Gasteiger charge is 2.54. The second kappa shape index (κ2) is 12.4. The Morgan fingerprint density at radius 1 is 0.367 bits per heavy atom. The summed E-state index contributed by atoms with van der Waals surface area (Å²) in [6.07, 6.45) is 0. The Bertz CT molecular complexity index is 3500. The van der Waals surface area contributed by atoms with Crippen LogP contribution in [0, 0.1) is 6.92 Å². The first-order valence-electron chi connectivity index (χ1n) is 20.9. The van der Waals surface area contributed by atoms with Crippen LogP contribution in [0.25, 0.3) is 71.3 Å². The second-order valence-corrected chi connectivity index (χ2v) is 16.6. The Labute approximate surface area is 348 Å². The maximum atomic E-state index is 2.48. The molecule has 60 heavy (non-hydrogen) atoms. The smallest absolute Gasteiger partial charge is 0.0726 e. The molecule has 0 saturated carbocycles. The van der Waals surface area contributed by atoms with E-state index < -0.39 is 0 Å². The van der Waals surface area contributed by atoms with Crippen molar-refractivity contribution in [1.29, 1.82) is 0 Å². The van der Waals surface area contributed by atoms with Crippen LogP contribution in [0.1, 0.15) is 27.8 Å². The van der Waals surface area contributed by atoms with Gasteiger partial charge in [0, 0.05) is 33.5 Å². The van der Waals surface area contributed by atoms with E-state index >= 15 is 0 Å². The van der Waals surface area contributed by atoms with E-state index in [2.05, 4.69) is 229 Å². The van der Waals surface area contributed by atoms with E-state index in [9.17, 15) is 0 Å². The first kappa shape index (κ1) is 33.3. The maximum absolute atomic E-state index is 2.48. The second-order valence-electron chi connectivity index (χ2n) is 16.6. The van der Waals surface area contributed by atoms with E-state index in [1.54, 1.807) is 0 Å². The molecule has 2 aliphatic carbocycles. The maximum Gasteiger partial charge on any atom is 0.0726 e. The average molecular weight is 763 g/mol. The molecule has 1 aromatic heterocycles. The summed E-state index contributed by atoms with van der Waals surface area (Å²) in [4.78, 5) is 2.45. The highest BCUT2D eigenvalue weighted by atomic mass is 15.1. The van der Waals surface area contributed by atoms with Gasteiger partial charge in [-0.15, -0.1) is 0 Å². The van der Waals surface area contributed by atoms with Crippen molar-refractivity contribution in [2.75, 3.05) is 4.90 Å². The SMILES string of the molecule is Cc1cccc(-c2ccc(N(c3ccc(-n4c5ccccc5c5cc(-c6ccccc6)ccc54)cc3)c3cc4c5c(cccc5c3)C43c4cccc5cccc3c45)cc2)c1. The standard InChI is InChI=1S/C58H38N2/c1-37-11-7-16-41(33-37)39-23-26-44(27-24-39)59(47-34-43-17-10-21-52-57(43)53(36-47)58(52)50-19-8-14-40-15-9-20-51(58)56(40)50)45-28-30-46(31-29-45)60-54-22-6-5-18-48(54)49-35-42(25-32-55(49)60)38-12-3-2-4-13-38/h2-36H,1H3. The van der Waals surface area contributed by atoms with Gasteiger partial charge in [-0.1, -0.05) is 151 Å². The lowest BCUT2D eigenvalue weighted by Crippen LogP contribution is -2.43. The Morgan fingerprint density at radius 3 is 1.67 bits per heavy atom. The molecule has 11 aromatic rings. The number of aromatic nitrogens is 1. The minimum absolute atomic E-state index is 0.206. The van der Waals surface area contributed by atoms with E-state index in [1.807, 2.05) is 0 Å². The van der Waals surface area contributed by atoms with Crippen LogP contribution in [0.2, 0.25) is 0 Å². The van der Waals surface area contributed by atoms with E-state index in [4.69, 9.17) is 0 Å². The lowest BCUT2D eigenvalue weighted by Gasteiger charge is -2.52. The number of para-hydroxylation sites is 1. The van der Waals surface area contributed by atoms with Crippen LogP contribution in [-0.2, 0) is 5.41 Å². The Hall–Kier alpha value is -7.68. The fourth-order valence-electron chi connectivity index (χ4n) is 10.7. The molecule has 280 valence electrons. The van der Waals surface area contributed by atoms with Gasteiger partial charge in [0.05, 0.1) is 16.4 Å². The molecule has 0 fully saturated rings. The van der Waals surface area contributed by atoms with Crippen molar-refractivity contribution in [2.24, 2.45) is 0 Å². The first-order valence-corrected chi connectivity index (χ1v) is 20.9. The van der Waals surface area contributed by atoms with Gasteiger partial charge in [-0.2, -0.15) is 0 Å². The molecule has 0 unspecified atom stereocenters. The number of anilines is 3. The summed E-state index contributed by atoms with van der Waals surface area (Å²) >= 11 is 0. The Kier molecular flexibility index (Phi) is 6.89. The molecular weight excluding hydrogens is 725 g/mol. The van der Waals surface area contributed by atoms with Gasteiger partial charge in [0.1, 0.15) is 0 Å². The quantitative estimate of drug-likeness (QED) is 0.164. The van der Waals surface area contributed by atoms with Crippen molar-refractivity contribution in [3.63, 3.8) is 0 Å². The molecule has 0 amide bonds. The molecule has 0 atom stereocenters. The van der Waals surface area contributed by atoms with Crippen LogP contribution >= 0.6 is 0 Å². The third-order valence-electron chi connectivity index (χ3n) is 13.4. The lowest BCUT2D eigenvalue weighted by atomic mass is 9.49. The number of fused-ring (bicyclic) bond motifs is 7. The number of aryl methyl sites for hydroxylation is 1. The molecule has 2 heteroatoms. The number of hydrogen-bond acceptors (Lipinski definition) is 1. The van der Waals surface area contributed by atoms with Gasteiger partial charge in [-0.05, 0) is 140 Å². The number of hydrogen-bond donors (Lipinski definition) is 0. The third kappa shape index (κ3) is 4.53. The summed E-state index contributed by atoms with van der Waals surface area (Å²) in [5.74, 6) is 0. The lowest BCUT2D eigenvalue weighted by molar-refractivity contribution is 0.701. The molecule has 0 radical (unpaired) electrons. The van der Waals surface area contributed by atoms with Gasteiger partial charge in [0.15, 0.2) is 0 Å². The summed E-state index contributed by atoms with van der Waals surface area (Å²) in [5, 5.41) is 7.91. The molecule has 0 N–H and O–H groups in total. The summed E-state index contributed by atoms with van der Waals surface area (Å²) in [6.45, 7) is 2.16. The fraction of sp³-hybridized carbons (Fsp3) is 0.0345. The highest BCUT2D eigenvalue weighted by molar-refractivity contribution is 6.12. The fourth-order valence-corrected chi connectivity index (χ4v) is 10.7. The molecule has 0 bridgehead atoms. The van der Waals surface area contributed by atoms with E-state index in [0.29, 0.717) is 0 Å². The highest BCUT2D eigenvalue weighted by Crippen LogP contribution is 2.65. The van der Waals surface area contributed by atoms with Crippen molar-refractivity contribution in [3.05, 3.63) is 240 Å². The molecule has 0 saturated heterocycles. The third-order valence-corrected chi connectivity index (χ3v) is 13.4. The Morgan fingerprint density at radius 2 is 0.933 bits per heavy atom. The molecule has 2 aliphatic rings. The minimum Gasteiger partial charge on any atom is -0.310 e. The molecule has 13 rings (SSSR count). The van der Waals surface area contributed by atoms with Gasteiger partial charge in [-0.25, -0.2) is 0 Å². The van der Waals surface area contributed by atoms with E-state index in [-0.39, 0.29) is 5.41 Å². The van der Waals surface area contributed by atoms with Crippen molar-refractivity contribution in [3.8, 4) is 27.9 Å². The van der Waals surface area contributed by atoms with Crippen LogP contribution in [-0.4, -0.2) is 4.57 Å². The summed E-state index contributed by atoms with van der Waals surface area (Å²) in [7, 11) is 0. The predicted octanol–water partition coefficient (Wildman–Crippen LogP) is 15.2. The van der Waals surface area contributed by atoms with Gasteiger partial charge < -0.3 is 9.47 Å². The van der Waals surface area contributed by atoms with Crippen LogP contribution in [0.15, 0.2) is 212 Å². The number of nitrogens with zero attached hydrogens (tertiary/aromatic N) is 2. The minimum atomic E-state index is -0.206. The van der Waals surface area contributed by atoms with E-state index in [0.717, 1.165) is 22.7 Å². The molecule has 10 aromatic carbocycles. The first-order chi connectivity index (χ1) is 29.6. The number of benzene rings is 10. The van der Waals surface area contributed by atoms with Crippen LogP contribution in [0.4, 0.5) is 17.1 Å². The summed E-state index contributed by atoms with van der Waals surface area (Å²) < 4.78 is 2.41. The van der Waals surface area contributed by atoms with Gasteiger partial charge in [0.2, 0.25) is 0 Å². The van der Waals surface area contributed by atoms with Crippen LogP contribution in [0.5, 0.6) is 0 Å². The molecule has 1 heterocycles. The van der Waals surface area contributed by atoms with Crippen molar-refractivity contribution >= 4 is 60.4 Å².